The van der Waals surface area contributed by atoms with Crippen molar-refractivity contribution < 1.29 is 37.3 Å². The minimum absolute atomic E-state index is 0.0417. The number of aliphatic hydroxyl groups is 1. The van der Waals surface area contributed by atoms with Crippen molar-refractivity contribution in [2.75, 3.05) is 11.5 Å². The number of esters is 1. The van der Waals surface area contributed by atoms with Crippen LogP contribution in [0, 0.1) is 0 Å². The topological polar surface area (TPSA) is 84.9 Å². The molecule has 0 aromatic heterocycles. The molecule has 1 unspecified atom stereocenters. The Morgan fingerprint density at radius 3 is 1.89 bits per heavy atom. The predicted molar refractivity (Wildman–Crippen MR) is 102 cm³/mol. The highest BCUT2D eigenvalue weighted by Gasteiger charge is 2.49. The van der Waals surface area contributed by atoms with Crippen LogP contribution in [0.3, 0.4) is 0 Å². The maximum Gasteiger partial charge on any atom is 0.416 e. The molecule has 0 heterocycles. The first kappa shape index (κ1) is 26.8. The van der Waals surface area contributed by atoms with Crippen LogP contribution < -0.4 is 5.32 Å². The molecule has 166 valence electrons. The van der Waals surface area contributed by atoms with Crippen molar-refractivity contribution in [2.45, 2.75) is 90.3 Å². The van der Waals surface area contributed by atoms with Crippen molar-refractivity contribution in [3.05, 3.63) is 0 Å². The monoisotopic (exact) mass is 431 g/mol. The summed E-state index contributed by atoms with van der Waals surface area (Å²) in [4.78, 5) is 24.3. The Balaban J connectivity index is 4.73. The number of rotatable bonds is 8. The number of ether oxygens (including phenoxy) is 2. The molecule has 0 aliphatic carbocycles. The molecule has 6 nitrogen and oxygen atoms in total. The van der Waals surface area contributed by atoms with E-state index in [4.69, 9.17) is 9.47 Å². The van der Waals surface area contributed by atoms with E-state index in [9.17, 15) is 27.9 Å². The van der Waals surface area contributed by atoms with Crippen LogP contribution in [0.25, 0.3) is 0 Å². The second kappa shape index (κ2) is 10.0. The number of thioether (sulfide) groups is 1. The van der Waals surface area contributed by atoms with Gasteiger partial charge in [-0.25, -0.2) is 9.59 Å². The first-order valence-electron chi connectivity index (χ1n) is 8.93. The van der Waals surface area contributed by atoms with E-state index in [0.717, 1.165) is 18.7 Å². The SMILES string of the molecule is CC(C)(C)OC(=O)N[C@@H](CCSCCC(C)(O)C(F)(F)F)C(=O)OC(C)(C)C. The molecule has 0 spiro atoms. The lowest BCUT2D eigenvalue weighted by Gasteiger charge is -2.27. The van der Waals surface area contributed by atoms with E-state index in [1.807, 2.05) is 0 Å². The van der Waals surface area contributed by atoms with Crippen LogP contribution in [0.15, 0.2) is 0 Å². The van der Waals surface area contributed by atoms with Crippen molar-refractivity contribution in [2.24, 2.45) is 0 Å². The van der Waals surface area contributed by atoms with Crippen molar-refractivity contribution in [1.29, 1.82) is 0 Å². The molecule has 2 N–H and O–H groups in total. The van der Waals surface area contributed by atoms with Crippen LogP contribution in [0.4, 0.5) is 18.0 Å². The highest BCUT2D eigenvalue weighted by molar-refractivity contribution is 7.99. The minimum atomic E-state index is -4.70. The maximum atomic E-state index is 12.6. The first-order chi connectivity index (χ1) is 12.3. The maximum absolute atomic E-state index is 12.6. The average Bonchev–Trinajstić information content (AvgIpc) is 2.40. The second-order valence-corrected chi connectivity index (χ2v) is 9.88. The van der Waals surface area contributed by atoms with E-state index >= 15 is 0 Å². The van der Waals surface area contributed by atoms with Gasteiger partial charge in [0.25, 0.3) is 0 Å². The number of halogens is 3. The van der Waals surface area contributed by atoms with E-state index in [1.54, 1.807) is 41.5 Å². The highest BCUT2D eigenvalue weighted by atomic mass is 32.2. The molecule has 0 aliphatic heterocycles. The van der Waals surface area contributed by atoms with Gasteiger partial charge in [-0.05, 0) is 72.8 Å². The Bertz CT molecular complexity index is 525. The van der Waals surface area contributed by atoms with Crippen LogP contribution >= 0.6 is 11.8 Å². The number of alkyl halides is 3. The normalized spacial score (nSPS) is 16.1. The van der Waals surface area contributed by atoms with Gasteiger partial charge in [-0.3, -0.25) is 0 Å². The van der Waals surface area contributed by atoms with Gasteiger partial charge in [0, 0.05) is 0 Å². The number of alkyl carbamates (subject to hydrolysis) is 1. The van der Waals surface area contributed by atoms with Crippen LogP contribution in [-0.2, 0) is 14.3 Å². The Kier molecular flexibility index (Phi) is 9.63. The number of carbonyl (C=O) groups is 2. The largest absolute Gasteiger partial charge is 0.458 e. The standard InChI is InChI=1S/C18H32F3NO5S/c1-15(2,3)26-13(23)12(22-14(24)27-16(4,5)6)8-10-28-11-9-17(7,25)18(19,20)21/h12,25H,8-11H2,1-7H3,(H,22,24)/t12-,17?/m0/s1. The summed E-state index contributed by atoms with van der Waals surface area (Å²) in [5, 5.41) is 11.9. The summed E-state index contributed by atoms with van der Waals surface area (Å²) in [6, 6.07) is -0.996. The molecular formula is C18H32F3NO5S. The van der Waals surface area contributed by atoms with Gasteiger partial charge in [-0.1, -0.05) is 0 Å². The zero-order chi connectivity index (χ0) is 22.4. The Hall–Kier alpha value is -1.16. The third-order valence-corrected chi connectivity index (χ3v) is 4.29. The molecule has 0 bridgehead atoms. The molecule has 0 saturated heterocycles. The summed E-state index contributed by atoms with van der Waals surface area (Å²) < 4.78 is 48.3. The number of nitrogens with one attached hydrogen (secondary N) is 1. The van der Waals surface area contributed by atoms with E-state index in [1.165, 1.54) is 0 Å². The Morgan fingerprint density at radius 2 is 1.46 bits per heavy atom. The predicted octanol–water partition coefficient (Wildman–Crippen LogP) is 4.05. The summed E-state index contributed by atoms with van der Waals surface area (Å²) >= 11 is 1.14. The number of amides is 1. The van der Waals surface area contributed by atoms with Crippen molar-refractivity contribution in [3.8, 4) is 0 Å². The van der Waals surface area contributed by atoms with Gasteiger partial charge in [0.05, 0.1) is 0 Å². The number of hydrogen-bond donors (Lipinski definition) is 2. The van der Waals surface area contributed by atoms with E-state index in [-0.39, 0.29) is 17.9 Å². The fourth-order valence-corrected chi connectivity index (χ4v) is 2.94. The lowest BCUT2D eigenvalue weighted by molar-refractivity contribution is -0.253. The fraction of sp³-hybridized carbons (Fsp3) is 0.889. The van der Waals surface area contributed by atoms with Gasteiger partial charge in [0.1, 0.15) is 17.2 Å². The average molecular weight is 432 g/mol. The zero-order valence-corrected chi connectivity index (χ0v) is 18.3. The third-order valence-electron chi connectivity index (χ3n) is 3.28. The second-order valence-electron chi connectivity index (χ2n) is 8.65. The first-order valence-corrected chi connectivity index (χ1v) is 10.1. The van der Waals surface area contributed by atoms with Gasteiger partial charge in [0.2, 0.25) is 0 Å². The van der Waals surface area contributed by atoms with Gasteiger partial charge in [-0.15, -0.1) is 0 Å². The molecule has 0 rings (SSSR count). The van der Waals surface area contributed by atoms with Crippen LogP contribution in [0.2, 0.25) is 0 Å². The lowest BCUT2D eigenvalue weighted by Crippen LogP contribution is -2.46. The molecule has 2 atom stereocenters. The van der Waals surface area contributed by atoms with E-state index in [0.29, 0.717) is 0 Å². The molecule has 0 aromatic rings. The summed E-state index contributed by atoms with van der Waals surface area (Å²) in [6.07, 6.45) is -5.82. The van der Waals surface area contributed by atoms with E-state index in [2.05, 4.69) is 5.32 Å². The van der Waals surface area contributed by atoms with Gasteiger partial charge in [0.15, 0.2) is 5.60 Å². The molecular weight excluding hydrogens is 399 g/mol. The quantitative estimate of drug-likeness (QED) is 0.446. The van der Waals surface area contributed by atoms with Crippen molar-refractivity contribution in [3.63, 3.8) is 0 Å². The molecule has 1 amide bonds. The summed E-state index contributed by atoms with van der Waals surface area (Å²) in [6.45, 7) is 10.8. The molecule has 0 saturated carbocycles. The van der Waals surface area contributed by atoms with Gasteiger partial charge in [-0.2, -0.15) is 24.9 Å². The van der Waals surface area contributed by atoms with Gasteiger partial charge >= 0.3 is 18.2 Å². The third kappa shape index (κ3) is 11.6. The minimum Gasteiger partial charge on any atom is -0.458 e. The van der Waals surface area contributed by atoms with E-state index < -0.39 is 47.5 Å². The Labute approximate surface area is 168 Å². The molecule has 0 aliphatic rings. The highest BCUT2D eigenvalue weighted by Crippen LogP contribution is 2.33. The zero-order valence-electron chi connectivity index (χ0n) is 17.5. The smallest absolute Gasteiger partial charge is 0.416 e. The molecule has 0 fully saturated rings. The molecule has 0 radical (unpaired) electrons. The lowest BCUT2D eigenvalue weighted by atomic mass is 10.0. The number of carbonyl (C=O) groups excluding carboxylic acids is 2. The summed E-state index contributed by atoms with van der Waals surface area (Å²) in [5.41, 5.74) is -4.27. The van der Waals surface area contributed by atoms with Crippen LogP contribution in [0.1, 0.15) is 61.3 Å². The van der Waals surface area contributed by atoms with Crippen molar-refractivity contribution >= 4 is 23.8 Å². The molecule has 10 heteroatoms. The Morgan fingerprint density at radius 1 is 0.964 bits per heavy atom. The summed E-state index contributed by atoms with van der Waals surface area (Å²) in [5.74, 6) is -0.325. The summed E-state index contributed by atoms with van der Waals surface area (Å²) in [7, 11) is 0. The molecule has 0 aromatic carbocycles. The van der Waals surface area contributed by atoms with Crippen LogP contribution in [0.5, 0.6) is 0 Å². The van der Waals surface area contributed by atoms with Crippen LogP contribution in [-0.4, -0.2) is 57.7 Å². The van der Waals surface area contributed by atoms with Crippen molar-refractivity contribution in [1.82, 2.24) is 5.32 Å². The fourth-order valence-electron chi connectivity index (χ4n) is 1.79. The van der Waals surface area contributed by atoms with Gasteiger partial charge < -0.3 is 19.9 Å². The number of hydrogen-bond acceptors (Lipinski definition) is 6. The molecule has 28 heavy (non-hydrogen) atoms.